The van der Waals surface area contributed by atoms with Crippen LogP contribution in [0.4, 0.5) is 10.1 Å². The SMILES string of the molecule is CC(C)(C)C[C@@H]1N[C@@H](C(=O)CC2CC2)[C@H](c2cccc(Cl)c2F)[C@]12C(=O)Nc1cc(Cl)ccc12. The Hall–Kier alpha value is -1.95. The number of nitrogens with one attached hydrogen (secondary N) is 2. The Labute approximate surface area is 209 Å². The maximum absolute atomic E-state index is 15.6. The fraction of sp³-hybridized carbons (Fsp3) is 0.481. The van der Waals surface area contributed by atoms with Gasteiger partial charge in [0.15, 0.2) is 5.78 Å². The van der Waals surface area contributed by atoms with Crippen LogP contribution in [0.25, 0.3) is 0 Å². The average Bonchev–Trinajstić information content (AvgIpc) is 3.43. The average molecular weight is 503 g/mol. The van der Waals surface area contributed by atoms with E-state index in [1.54, 1.807) is 24.3 Å². The van der Waals surface area contributed by atoms with Gasteiger partial charge >= 0.3 is 0 Å². The molecule has 2 N–H and O–H groups in total. The first-order chi connectivity index (χ1) is 16.0. The molecule has 4 nitrogen and oxygen atoms in total. The van der Waals surface area contributed by atoms with E-state index in [1.807, 2.05) is 6.07 Å². The van der Waals surface area contributed by atoms with Crippen LogP contribution in [0.15, 0.2) is 36.4 Å². The van der Waals surface area contributed by atoms with Gasteiger partial charge in [-0.05, 0) is 59.9 Å². The van der Waals surface area contributed by atoms with Gasteiger partial charge in [-0.2, -0.15) is 0 Å². The first kappa shape index (κ1) is 23.8. The van der Waals surface area contributed by atoms with Crippen molar-refractivity contribution < 1.29 is 14.0 Å². The van der Waals surface area contributed by atoms with Gasteiger partial charge < -0.3 is 10.6 Å². The number of ketones is 1. The predicted molar refractivity (Wildman–Crippen MR) is 133 cm³/mol. The molecule has 0 aromatic heterocycles. The Morgan fingerprint density at radius 2 is 1.91 bits per heavy atom. The van der Waals surface area contributed by atoms with Crippen LogP contribution in [-0.2, 0) is 15.0 Å². The second-order valence-corrected chi connectivity index (χ2v) is 12.1. The van der Waals surface area contributed by atoms with Gasteiger partial charge in [0.1, 0.15) is 11.2 Å². The molecule has 4 atom stereocenters. The van der Waals surface area contributed by atoms with Gasteiger partial charge in [0.05, 0.1) is 11.1 Å². The van der Waals surface area contributed by atoms with Crippen LogP contribution in [0.3, 0.4) is 0 Å². The highest BCUT2D eigenvalue weighted by Gasteiger charge is 2.66. The van der Waals surface area contributed by atoms with Crippen molar-refractivity contribution in [3.63, 3.8) is 0 Å². The van der Waals surface area contributed by atoms with E-state index < -0.39 is 23.2 Å². The van der Waals surface area contributed by atoms with Crippen molar-refractivity contribution in [2.75, 3.05) is 5.32 Å². The number of carbonyl (C=O) groups excluding carboxylic acids is 2. The highest BCUT2D eigenvalue weighted by atomic mass is 35.5. The predicted octanol–water partition coefficient (Wildman–Crippen LogP) is 6.25. The number of fused-ring (bicyclic) bond motifs is 2. The molecule has 1 spiro atoms. The molecule has 7 heteroatoms. The molecular weight excluding hydrogens is 474 g/mol. The van der Waals surface area contributed by atoms with Gasteiger partial charge in [0.25, 0.3) is 0 Å². The van der Waals surface area contributed by atoms with Crippen LogP contribution in [0.1, 0.15) is 63.5 Å². The number of rotatable bonds is 5. The lowest BCUT2D eigenvalue weighted by Crippen LogP contribution is -2.49. The fourth-order valence-corrected chi connectivity index (χ4v) is 6.29. The van der Waals surface area contributed by atoms with E-state index in [2.05, 4.69) is 31.4 Å². The number of amides is 1. The molecule has 1 saturated carbocycles. The van der Waals surface area contributed by atoms with E-state index in [9.17, 15) is 9.59 Å². The largest absolute Gasteiger partial charge is 0.325 e. The molecule has 1 amide bonds. The van der Waals surface area contributed by atoms with Crippen molar-refractivity contribution in [2.45, 2.75) is 69.9 Å². The molecule has 1 aliphatic carbocycles. The summed E-state index contributed by atoms with van der Waals surface area (Å²) in [5.41, 5.74) is 0.327. The summed E-state index contributed by atoms with van der Waals surface area (Å²) in [4.78, 5) is 27.6. The summed E-state index contributed by atoms with van der Waals surface area (Å²) in [6.07, 6.45) is 3.12. The van der Waals surface area contributed by atoms with E-state index in [-0.39, 0.29) is 28.2 Å². The van der Waals surface area contributed by atoms with Gasteiger partial charge in [-0.15, -0.1) is 0 Å². The molecule has 2 aromatic carbocycles. The van der Waals surface area contributed by atoms with Gasteiger partial charge in [-0.1, -0.05) is 62.2 Å². The van der Waals surface area contributed by atoms with Crippen LogP contribution in [0, 0.1) is 17.2 Å². The zero-order valence-corrected chi connectivity index (χ0v) is 21.1. The topological polar surface area (TPSA) is 58.2 Å². The standard InChI is InChI=1S/C27H29Cl2FN2O2/c1-26(2,3)13-21-27(17-10-9-15(28)12-19(17)31-25(27)34)22(16-5-4-6-18(29)23(16)30)24(32-21)20(33)11-14-7-8-14/h4-6,9-10,12,14,21-22,24,32H,7-8,11,13H2,1-3H3,(H,31,34)/t21-,22-,24-,27+/m0/s1. The third-order valence-corrected chi connectivity index (χ3v) is 8.00. The summed E-state index contributed by atoms with van der Waals surface area (Å²) in [7, 11) is 0. The number of halogens is 3. The van der Waals surface area contributed by atoms with Crippen molar-refractivity contribution in [1.29, 1.82) is 0 Å². The maximum Gasteiger partial charge on any atom is 0.237 e. The fourth-order valence-electron chi connectivity index (χ4n) is 5.94. The first-order valence-corrected chi connectivity index (χ1v) is 12.6. The van der Waals surface area contributed by atoms with E-state index in [1.165, 1.54) is 6.07 Å². The minimum Gasteiger partial charge on any atom is -0.325 e. The maximum atomic E-state index is 15.6. The summed E-state index contributed by atoms with van der Waals surface area (Å²) in [5.74, 6) is -1.16. The monoisotopic (exact) mass is 502 g/mol. The first-order valence-electron chi connectivity index (χ1n) is 11.9. The molecule has 2 aliphatic heterocycles. The second-order valence-electron chi connectivity index (χ2n) is 11.2. The molecule has 3 aliphatic rings. The van der Waals surface area contributed by atoms with E-state index in [4.69, 9.17) is 23.2 Å². The van der Waals surface area contributed by atoms with Crippen molar-refractivity contribution in [3.8, 4) is 0 Å². The van der Waals surface area contributed by atoms with E-state index in [0.29, 0.717) is 35.0 Å². The Bertz CT molecular complexity index is 1170. The molecule has 2 fully saturated rings. The second kappa shape index (κ2) is 8.32. The molecule has 0 radical (unpaired) electrons. The Morgan fingerprint density at radius 1 is 1.18 bits per heavy atom. The molecule has 2 aromatic rings. The third-order valence-electron chi connectivity index (χ3n) is 7.47. The van der Waals surface area contributed by atoms with Gasteiger partial charge in [0, 0.05) is 29.1 Å². The lowest BCUT2D eigenvalue weighted by Gasteiger charge is -2.37. The van der Waals surface area contributed by atoms with Crippen LogP contribution in [0.2, 0.25) is 10.0 Å². The van der Waals surface area contributed by atoms with Gasteiger partial charge in [-0.3, -0.25) is 9.59 Å². The molecule has 5 rings (SSSR count). The highest BCUT2D eigenvalue weighted by Crippen LogP contribution is 2.57. The van der Waals surface area contributed by atoms with Gasteiger partial charge in [-0.25, -0.2) is 4.39 Å². The lowest BCUT2D eigenvalue weighted by molar-refractivity contribution is -0.122. The number of Topliss-reactive ketones (excluding diaryl/α,β-unsaturated/α-hetero) is 1. The number of anilines is 1. The quantitative estimate of drug-likeness (QED) is 0.507. The number of benzene rings is 2. The van der Waals surface area contributed by atoms with Crippen molar-refractivity contribution in [1.82, 2.24) is 5.32 Å². The molecule has 1 saturated heterocycles. The summed E-state index contributed by atoms with van der Waals surface area (Å²) < 4.78 is 15.6. The molecule has 0 unspecified atom stereocenters. The zero-order valence-electron chi connectivity index (χ0n) is 19.6. The summed E-state index contributed by atoms with van der Waals surface area (Å²) >= 11 is 12.5. The molecule has 34 heavy (non-hydrogen) atoms. The van der Waals surface area contributed by atoms with Gasteiger partial charge in [0.2, 0.25) is 5.91 Å². The normalized spacial score (nSPS) is 28.3. The van der Waals surface area contributed by atoms with Crippen LogP contribution in [0.5, 0.6) is 0 Å². The number of hydrogen-bond acceptors (Lipinski definition) is 3. The Morgan fingerprint density at radius 3 is 2.59 bits per heavy atom. The molecule has 0 bridgehead atoms. The van der Waals surface area contributed by atoms with E-state index in [0.717, 1.165) is 18.4 Å². The minimum absolute atomic E-state index is 0.0185. The van der Waals surface area contributed by atoms with Crippen LogP contribution < -0.4 is 10.6 Å². The smallest absolute Gasteiger partial charge is 0.237 e. The molecular formula is C27H29Cl2FN2O2. The highest BCUT2D eigenvalue weighted by molar-refractivity contribution is 6.31. The summed E-state index contributed by atoms with van der Waals surface area (Å²) in [6.45, 7) is 6.31. The van der Waals surface area contributed by atoms with Crippen molar-refractivity contribution >= 4 is 40.6 Å². The molecule has 180 valence electrons. The number of carbonyl (C=O) groups is 2. The summed E-state index contributed by atoms with van der Waals surface area (Å²) in [5, 5.41) is 7.03. The third kappa shape index (κ3) is 3.86. The number of hydrogen-bond donors (Lipinski definition) is 2. The van der Waals surface area contributed by atoms with Crippen molar-refractivity contribution in [2.24, 2.45) is 11.3 Å². The van der Waals surface area contributed by atoms with E-state index >= 15 is 4.39 Å². The Kier molecular flexibility index (Phi) is 5.82. The molecule has 2 heterocycles. The minimum atomic E-state index is -1.18. The van der Waals surface area contributed by atoms with Crippen molar-refractivity contribution in [3.05, 3.63) is 63.4 Å². The summed E-state index contributed by atoms with van der Waals surface area (Å²) in [6, 6.07) is 9.07. The lowest BCUT2D eigenvalue weighted by atomic mass is 9.62. The van der Waals surface area contributed by atoms with Crippen LogP contribution in [-0.4, -0.2) is 23.8 Å². The zero-order chi connectivity index (χ0) is 24.4. The van der Waals surface area contributed by atoms with Crippen LogP contribution >= 0.6 is 23.2 Å². The Balaban J connectivity index is 1.75.